The van der Waals surface area contributed by atoms with E-state index in [-0.39, 0.29) is 40.0 Å². The monoisotopic (exact) mass is 429 g/mol. The Morgan fingerprint density at radius 3 is 1.20 bits per heavy atom. The average molecular weight is 430 g/mol. The van der Waals surface area contributed by atoms with Gasteiger partial charge in [-0.25, -0.2) is 23.5 Å². The summed E-state index contributed by atoms with van der Waals surface area (Å²) in [7, 11) is -0.979. The van der Waals surface area contributed by atoms with Crippen LogP contribution in [0.2, 0.25) is 19.6 Å². The van der Waals surface area contributed by atoms with Crippen LogP contribution in [0, 0.1) is 5.75 Å². The molecule has 0 aliphatic rings. The molecule has 0 amide bonds. The summed E-state index contributed by atoms with van der Waals surface area (Å²) >= 11 is 1.88. The summed E-state index contributed by atoms with van der Waals surface area (Å²) in [6, 6.07) is 0. The molecule has 0 rings (SSSR count). The van der Waals surface area contributed by atoms with Crippen molar-refractivity contribution in [1.82, 2.24) is 0 Å². The van der Waals surface area contributed by atoms with Crippen molar-refractivity contribution in [2.75, 3.05) is 0 Å². The Morgan fingerprint density at radius 2 is 1.04 bits per heavy atom. The average Bonchev–Trinajstić information content (AvgIpc) is 2.19. The molecule has 0 radical (unpaired) electrons. The fourth-order valence-corrected chi connectivity index (χ4v) is 1.95. The van der Waals surface area contributed by atoms with Crippen LogP contribution >= 0.6 is 11.8 Å². The van der Waals surface area contributed by atoms with E-state index in [1.807, 2.05) is 11.8 Å². The van der Waals surface area contributed by atoms with Crippen molar-refractivity contribution in [1.29, 1.82) is 0 Å². The van der Waals surface area contributed by atoms with Crippen LogP contribution in [0.1, 0.15) is 62.3 Å². The van der Waals surface area contributed by atoms with Gasteiger partial charge in [-0.2, -0.15) is 5.75 Å². The molecule has 0 fully saturated rings. The van der Waals surface area contributed by atoms with Gasteiger partial charge in [0.1, 0.15) is 0 Å². The minimum Gasteiger partial charge on any atom is -0.394 e. The van der Waals surface area contributed by atoms with Crippen molar-refractivity contribution < 1.29 is 37.0 Å². The molecule has 3 nitrogen and oxygen atoms in total. The minimum atomic E-state index is -0.979. The number of hydrogen-bond donors (Lipinski definition) is 3. The molecule has 0 heterocycles. The minimum absolute atomic E-state index is 0. The summed E-state index contributed by atoms with van der Waals surface area (Å²) in [6.07, 6.45) is 1.71. The van der Waals surface area contributed by atoms with Gasteiger partial charge < -0.3 is 15.3 Å². The van der Waals surface area contributed by atoms with E-state index < -0.39 is 8.07 Å². The Bertz CT molecular complexity index is 248. The molecule has 0 saturated heterocycles. The Morgan fingerprint density at radius 1 is 0.800 bits per heavy atom. The van der Waals surface area contributed by atoms with Crippen LogP contribution in [0.4, 0.5) is 0 Å². The van der Waals surface area contributed by atoms with Gasteiger partial charge in [-0.3, -0.25) is 0 Å². The van der Waals surface area contributed by atoms with Crippen LogP contribution in [0.15, 0.2) is 11.8 Å². The van der Waals surface area contributed by atoms with Gasteiger partial charge in [0.15, 0.2) is 0 Å². The molecule has 0 saturated carbocycles. The van der Waals surface area contributed by atoms with Gasteiger partial charge in [-0.15, -0.1) is 0 Å². The first-order valence-electron chi connectivity index (χ1n) is 8.63. The topological polar surface area (TPSA) is 60.7 Å². The summed E-state index contributed by atoms with van der Waals surface area (Å²) in [5.74, 6) is 2.21. The molecule has 25 heavy (non-hydrogen) atoms. The molecular weight excluding hydrogens is 384 g/mol. The predicted octanol–water partition coefficient (Wildman–Crippen LogP) is 5.27. The first-order chi connectivity index (χ1) is 10.4. The standard InChI is InChI=1S/C10H21SSi.3C3H8O.Ti/c1-10(2,3)11-8-7-9-12(4,5)6;3*1-3(2)4;/h7-9H,1-6H3;3*3-4H,1-2H3;/q-1;;;;/b9-7+;;;;. The fraction of sp³-hybridized carbons (Fsp3) is 0.842. The molecule has 6 heteroatoms. The number of hydrogen-bond acceptors (Lipinski definition) is 4. The first-order valence-corrected chi connectivity index (χ1v) is 13.1. The van der Waals surface area contributed by atoms with Crippen molar-refractivity contribution in [3.63, 3.8) is 0 Å². The summed E-state index contributed by atoms with van der Waals surface area (Å²) in [5, 5.41) is 24.2. The maximum absolute atomic E-state index is 8.06. The van der Waals surface area contributed by atoms with Crippen molar-refractivity contribution >= 4 is 19.8 Å². The normalized spacial score (nSPS) is 11.0. The SMILES string of the molecule is CC(C)(C)S[CH-]/C=C/[Si](C)(C)C.CC(C)O.CC(C)O.CC(C)O.[Ti]. The zero-order chi connectivity index (χ0) is 20.6. The second-order valence-electron chi connectivity index (χ2n) is 8.37. The summed E-state index contributed by atoms with van der Waals surface area (Å²) in [4.78, 5) is 0. The number of thioether (sulfide) groups is 1. The molecule has 0 aromatic heterocycles. The van der Waals surface area contributed by atoms with Crippen molar-refractivity contribution in [3.8, 4) is 0 Å². The number of aliphatic hydroxyl groups is 3. The van der Waals surface area contributed by atoms with Gasteiger partial charge in [0, 0.05) is 40.0 Å². The van der Waals surface area contributed by atoms with E-state index in [1.54, 1.807) is 41.5 Å². The van der Waals surface area contributed by atoms with Gasteiger partial charge >= 0.3 is 0 Å². The second-order valence-corrected chi connectivity index (χ2v) is 15.2. The van der Waals surface area contributed by atoms with Crippen molar-refractivity contribution in [3.05, 3.63) is 17.5 Å². The van der Waals surface area contributed by atoms with Crippen LogP contribution in [0.5, 0.6) is 0 Å². The molecule has 0 aromatic carbocycles. The van der Waals surface area contributed by atoms with Crippen LogP contribution in [-0.4, -0.2) is 46.5 Å². The molecule has 3 N–H and O–H groups in total. The van der Waals surface area contributed by atoms with Gasteiger partial charge in [0.05, 0.1) is 0 Å². The summed E-state index contributed by atoms with van der Waals surface area (Å²) in [6.45, 7) is 24.1. The number of rotatable bonds is 3. The predicted molar refractivity (Wildman–Crippen MR) is 116 cm³/mol. The summed E-state index contributed by atoms with van der Waals surface area (Å²) < 4.78 is 0.351. The molecule has 154 valence electrons. The zero-order valence-electron chi connectivity index (χ0n) is 18.7. The van der Waals surface area contributed by atoms with Gasteiger partial charge in [0.25, 0.3) is 0 Å². The van der Waals surface area contributed by atoms with Crippen LogP contribution in [0.25, 0.3) is 0 Å². The van der Waals surface area contributed by atoms with E-state index in [9.17, 15) is 0 Å². The van der Waals surface area contributed by atoms with E-state index in [1.165, 1.54) is 0 Å². The maximum Gasteiger partial charge on any atom is 0.0483 e. The third kappa shape index (κ3) is 135. The van der Waals surface area contributed by atoms with E-state index in [2.05, 4.69) is 57.9 Å². The molecule has 0 aliphatic heterocycles. The maximum atomic E-state index is 8.06. The van der Waals surface area contributed by atoms with Crippen molar-refractivity contribution in [2.45, 2.75) is 105 Å². The van der Waals surface area contributed by atoms with E-state index in [4.69, 9.17) is 15.3 Å². The largest absolute Gasteiger partial charge is 0.394 e. The Kier molecular flexibility index (Phi) is 30.9. The van der Waals surface area contributed by atoms with Gasteiger partial charge in [-0.05, 0) is 54.4 Å². The molecule has 0 unspecified atom stereocenters. The van der Waals surface area contributed by atoms with E-state index in [0.29, 0.717) is 4.75 Å². The molecule has 0 aliphatic carbocycles. The van der Waals surface area contributed by atoms with Crippen LogP contribution in [-0.2, 0) is 21.7 Å². The van der Waals surface area contributed by atoms with Crippen LogP contribution < -0.4 is 0 Å². The van der Waals surface area contributed by atoms with Crippen LogP contribution in [0.3, 0.4) is 0 Å². The molecule has 0 atom stereocenters. The molecular formula is C19H45O3SSiTi-. The second kappa shape index (κ2) is 21.1. The van der Waals surface area contributed by atoms with E-state index >= 15 is 0 Å². The molecule has 0 bridgehead atoms. The number of aliphatic hydroxyl groups excluding tert-OH is 3. The third-order valence-corrected chi connectivity index (χ3v) is 3.29. The smallest absolute Gasteiger partial charge is 0.0483 e. The van der Waals surface area contributed by atoms with Crippen molar-refractivity contribution in [2.24, 2.45) is 0 Å². The first kappa shape index (κ1) is 36.7. The molecule has 0 spiro atoms. The molecule has 0 aromatic rings. The Hall–Kier alpha value is 0.771. The van der Waals surface area contributed by atoms with Gasteiger partial charge in [0.2, 0.25) is 0 Å². The Balaban J connectivity index is -0.0000000850. The zero-order valence-corrected chi connectivity index (χ0v) is 22.1. The Labute approximate surface area is 179 Å². The quantitative estimate of drug-likeness (QED) is 0.422. The van der Waals surface area contributed by atoms with E-state index in [0.717, 1.165) is 0 Å². The van der Waals surface area contributed by atoms with Gasteiger partial charge in [-0.1, -0.05) is 40.4 Å². The third-order valence-electron chi connectivity index (χ3n) is 1.10. The summed E-state index contributed by atoms with van der Waals surface area (Å²) in [5.41, 5.74) is 2.37. The fourth-order valence-electron chi connectivity index (χ4n) is 0.571.